The van der Waals surface area contributed by atoms with Crippen molar-refractivity contribution in [2.45, 2.75) is 84.1 Å². The predicted octanol–water partition coefficient (Wildman–Crippen LogP) is 5.77. The van der Waals surface area contributed by atoms with E-state index in [-0.39, 0.29) is 0 Å². The maximum absolute atomic E-state index is 10.8. The molecule has 0 aliphatic rings. The average molecular weight is 496 g/mol. The summed E-state index contributed by atoms with van der Waals surface area (Å²) in [6.45, 7) is 21.7. The zero-order valence-corrected chi connectivity index (χ0v) is 25.1. The number of hydrogen-bond acceptors (Lipinski definition) is 5. The minimum absolute atomic E-state index is 0.369. The topological polar surface area (TPSA) is 57.1 Å². The van der Waals surface area contributed by atoms with Gasteiger partial charge in [0, 0.05) is 0 Å². The first-order valence-corrected chi connectivity index (χ1v) is 21.7. The minimum Gasteiger partial charge on any atom is -0.455 e. The molecule has 2 radical (unpaired) electrons. The normalized spacial score (nSPS) is 14.3. The van der Waals surface area contributed by atoms with Crippen molar-refractivity contribution >= 4 is 40.8 Å². The molecule has 0 aliphatic heterocycles. The van der Waals surface area contributed by atoms with Crippen LogP contribution in [0, 0.1) is 0 Å². The molecule has 0 heterocycles. The number of hydrogen-bond donors (Lipinski definition) is 0. The molecule has 31 heavy (non-hydrogen) atoms. The second kappa shape index (κ2) is 11.5. The summed E-state index contributed by atoms with van der Waals surface area (Å²) in [6.07, 6.45) is 3.16. The number of nitrogens with zero attached hydrogens (tertiary/aromatic N) is 1. The third kappa shape index (κ3) is 10.2. The van der Waals surface area contributed by atoms with E-state index in [1.807, 2.05) is 26.0 Å². The van der Waals surface area contributed by atoms with Gasteiger partial charge in [0.1, 0.15) is 0 Å². The number of aliphatic imine (C=N–C) groups is 1. The molecule has 0 bridgehead atoms. The molecule has 0 N–H and O–H groups in total. The van der Waals surface area contributed by atoms with Crippen LogP contribution in [0.25, 0.3) is 0 Å². The Morgan fingerprint density at radius 3 is 2.19 bits per heavy atom. The lowest BCUT2D eigenvalue weighted by molar-refractivity contribution is 0.290. The van der Waals surface area contributed by atoms with E-state index in [4.69, 9.17) is 13.0 Å². The summed E-state index contributed by atoms with van der Waals surface area (Å²) in [6, 6.07) is 9.42. The fraction of sp³-hybridized carbons (Fsp3) is 0.682. The summed E-state index contributed by atoms with van der Waals surface area (Å²) in [7, 11) is -5.00. The Balaban J connectivity index is 2.74. The van der Waals surface area contributed by atoms with Crippen molar-refractivity contribution in [1.82, 2.24) is 0 Å². The zero-order valence-electron chi connectivity index (χ0n) is 21.1. The Kier molecular flexibility index (Phi) is 10.5. The third-order valence-corrected chi connectivity index (χ3v) is 14.0. The highest BCUT2D eigenvalue weighted by Crippen LogP contribution is 2.31. The molecule has 1 atom stereocenters. The molecule has 174 valence electrons. The Hall–Kier alpha value is -0.652. The monoisotopic (exact) mass is 495 g/mol. The molecule has 1 unspecified atom stereocenters. The lowest BCUT2D eigenvalue weighted by atomic mass is 9.91. The van der Waals surface area contributed by atoms with Gasteiger partial charge in [-0.05, 0) is 82.8 Å². The van der Waals surface area contributed by atoms with Crippen molar-refractivity contribution < 1.29 is 17.8 Å². The Bertz CT molecular complexity index is 762. The van der Waals surface area contributed by atoms with Gasteiger partial charge in [-0.2, -0.15) is 4.99 Å². The van der Waals surface area contributed by atoms with Crippen LogP contribution in [0.2, 0.25) is 51.9 Å². The van der Waals surface area contributed by atoms with E-state index >= 15 is 0 Å². The van der Waals surface area contributed by atoms with Crippen molar-refractivity contribution in [3.05, 3.63) is 35.4 Å². The van der Waals surface area contributed by atoms with Crippen LogP contribution < -0.4 is 0 Å². The Labute approximate surface area is 195 Å². The van der Waals surface area contributed by atoms with Gasteiger partial charge in [0.2, 0.25) is 24.2 Å². The first-order chi connectivity index (χ1) is 14.1. The van der Waals surface area contributed by atoms with E-state index < -0.39 is 30.5 Å². The van der Waals surface area contributed by atoms with Crippen LogP contribution in [0.1, 0.15) is 37.8 Å². The van der Waals surface area contributed by atoms with Crippen LogP contribution in [-0.4, -0.2) is 53.3 Å². The fourth-order valence-electron chi connectivity index (χ4n) is 3.40. The van der Waals surface area contributed by atoms with Crippen LogP contribution in [0.15, 0.2) is 29.3 Å². The third-order valence-electron chi connectivity index (χ3n) is 5.28. The van der Waals surface area contributed by atoms with Crippen molar-refractivity contribution in [3.63, 3.8) is 0 Å². The van der Waals surface area contributed by atoms with Crippen LogP contribution in [0.5, 0.6) is 0 Å². The van der Waals surface area contributed by atoms with Gasteiger partial charge < -0.3 is 13.0 Å². The molecule has 1 aromatic carbocycles. The molecule has 0 saturated carbocycles. The molecule has 0 aromatic heterocycles. The molecule has 0 aliphatic carbocycles. The van der Waals surface area contributed by atoms with Crippen molar-refractivity contribution in [3.8, 4) is 0 Å². The molecular weight excluding hydrogens is 455 g/mol. The van der Waals surface area contributed by atoms with Gasteiger partial charge in [-0.3, -0.25) is 0 Å². The molecule has 9 heteroatoms. The summed E-state index contributed by atoms with van der Waals surface area (Å²) in [5.41, 5.74) is 1.73. The molecular formula is C22H41NO4Si4. The van der Waals surface area contributed by atoms with E-state index in [0.717, 1.165) is 24.1 Å². The molecule has 0 amide bonds. The van der Waals surface area contributed by atoms with Gasteiger partial charge in [-0.15, -0.1) is 0 Å². The second-order valence-electron chi connectivity index (χ2n) is 10.7. The molecule has 1 rings (SSSR count). The number of rotatable bonds is 13. The van der Waals surface area contributed by atoms with E-state index in [0.29, 0.717) is 15.7 Å². The number of isocyanates is 1. The highest BCUT2D eigenvalue weighted by atomic mass is 28.4. The lowest BCUT2D eigenvalue weighted by Gasteiger charge is -2.33. The Morgan fingerprint density at radius 2 is 1.61 bits per heavy atom. The lowest BCUT2D eigenvalue weighted by Crippen LogP contribution is -2.48. The quantitative estimate of drug-likeness (QED) is 0.198. The fourth-order valence-corrected chi connectivity index (χ4v) is 13.7. The number of carbonyl (C=O) groups excluding carboxylic acids is 1. The summed E-state index contributed by atoms with van der Waals surface area (Å²) in [5.74, 6) is 0.369. The molecule has 5 nitrogen and oxygen atoms in total. The van der Waals surface area contributed by atoms with Gasteiger partial charge >= 0.3 is 0 Å². The van der Waals surface area contributed by atoms with Crippen molar-refractivity contribution in [2.75, 3.05) is 12.5 Å². The minimum atomic E-state index is -1.90. The van der Waals surface area contributed by atoms with E-state index in [1.165, 1.54) is 5.56 Å². The van der Waals surface area contributed by atoms with Crippen molar-refractivity contribution in [2.24, 2.45) is 4.99 Å². The summed E-state index contributed by atoms with van der Waals surface area (Å²) < 4.78 is 18.8. The van der Waals surface area contributed by atoms with Gasteiger partial charge in [-0.25, -0.2) is 4.79 Å². The summed E-state index contributed by atoms with van der Waals surface area (Å²) in [5, 5.41) is 0. The van der Waals surface area contributed by atoms with Gasteiger partial charge in [0.25, 0.3) is 0 Å². The van der Waals surface area contributed by atoms with Crippen LogP contribution in [0.4, 0.5) is 0 Å². The average Bonchev–Trinajstić information content (AvgIpc) is 2.65. The van der Waals surface area contributed by atoms with Crippen molar-refractivity contribution in [1.29, 1.82) is 0 Å². The summed E-state index contributed by atoms with van der Waals surface area (Å²) in [4.78, 5) is 14.7. The standard InChI is InChI=1S/C22H41NO4Si4/c1-19(20-12-11-13-21(14-20)22(2,3)23-16-24)15-29(5,6)25-17-30(7,8)26-18-31(9,10)27-28-4/h11-14,19H,15,17-18H2,1-10H3. The predicted molar refractivity (Wildman–Crippen MR) is 138 cm³/mol. The van der Waals surface area contributed by atoms with Crippen LogP contribution >= 0.6 is 0 Å². The zero-order chi connectivity index (χ0) is 23.9. The molecule has 0 saturated heterocycles. The highest BCUT2D eigenvalue weighted by molar-refractivity contribution is 6.78. The first kappa shape index (κ1) is 28.4. The maximum atomic E-state index is 10.8. The van der Waals surface area contributed by atoms with E-state index in [9.17, 15) is 4.79 Å². The van der Waals surface area contributed by atoms with Crippen LogP contribution in [0.3, 0.4) is 0 Å². The van der Waals surface area contributed by atoms with Crippen LogP contribution in [-0.2, 0) is 23.3 Å². The highest BCUT2D eigenvalue weighted by Gasteiger charge is 2.33. The molecule has 1 aromatic rings. The largest absolute Gasteiger partial charge is 0.455 e. The van der Waals surface area contributed by atoms with Gasteiger partial charge in [0.15, 0.2) is 16.6 Å². The van der Waals surface area contributed by atoms with Gasteiger partial charge in [-0.1, -0.05) is 31.2 Å². The Morgan fingerprint density at radius 1 is 1.03 bits per heavy atom. The molecule has 0 spiro atoms. The number of benzene rings is 1. The SMILES string of the molecule is C[Si]O[Si](C)(C)CO[Si](C)(C)CO[Si](C)(C)CC(C)c1cccc(C(C)(C)N=C=O)c1. The second-order valence-corrected chi connectivity index (χ2v) is 24.0. The first-order valence-electron chi connectivity index (χ1n) is 11.0. The van der Waals surface area contributed by atoms with E-state index in [2.05, 4.69) is 69.9 Å². The van der Waals surface area contributed by atoms with E-state index in [1.54, 1.807) is 6.08 Å². The smallest absolute Gasteiger partial charge is 0.235 e. The summed E-state index contributed by atoms with van der Waals surface area (Å²) >= 11 is 0. The molecule has 0 fully saturated rings. The van der Waals surface area contributed by atoms with Gasteiger partial charge in [0.05, 0.1) is 18.0 Å². The maximum Gasteiger partial charge on any atom is 0.235 e.